The zero-order valence-corrected chi connectivity index (χ0v) is 15.2. The molecule has 0 bridgehead atoms. The molecule has 2 rings (SSSR count). The topological polar surface area (TPSA) is 47.6 Å². The van der Waals surface area contributed by atoms with Crippen molar-refractivity contribution in [2.75, 3.05) is 11.9 Å². The quantitative estimate of drug-likeness (QED) is 0.713. The molecule has 0 saturated carbocycles. The third kappa shape index (κ3) is 5.61. The van der Waals surface area contributed by atoms with Crippen molar-refractivity contribution < 1.29 is 14.3 Å². The number of carbonyl (C=O) groups is 1. The van der Waals surface area contributed by atoms with Gasteiger partial charge in [-0.3, -0.25) is 4.79 Å². The molecule has 25 heavy (non-hydrogen) atoms. The van der Waals surface area contributed by atoms with Crippen molar-refractivity contribution in [1.29, 1.82) is 0 Å². The molecular weight excluding hydrogens is 314 g/mol. The fraction of sp³-hybridized carbons (Fsp3) is 0.381. The van der Waals surface area contributed by atoms with Gasteiger partial charge in [0.25, 0.3) is 5.91 Å². The van der Waals surface area contributed by atoms with Gasteiger partial charge in [0.05, 0.1) is 0 Å². The Labute approximate surface area is 150 Å². The summed E-state index contributed by atoms with van der Waals surface area (Å²) in [6.07, 6.45) is 1.51. The minimum atomic E-state index is -0.807. The maximum absolute atomic E-state index is 12.5. The molecule has 0 aromatic heterocycles. The summed E-state index contributed by atoms with van der Waals surface area (Å²) in [5.41, 5.74) is 1.04. The normalized spacial score (nSPS) is 13.1. The van der Waals surface area contributed by atoms with Crippen molar-refractivity contribution in [3.8, 4) is 5.75 Å². The van der Waals surface area contributed by atoms with E-state index in [4.69, 9.17) is 9.47 Å². The summed E-state index contributed by atoms with van der Waals surface area (Å²) in [5, 5.41) is 2.92. The number of hydrogen-bond acceptors (Lipinski definition) is 3. The Morgan fingerprint density at radius 3 is 2.32 bits per heavy atom. The first kappa shape index (κ1) is 19.0. The minimum absolute atomic E-state index is 0.124. The van der Waals surface area contributed by atoms with Gasteiger partial charge in [0.15, 0.2) is 0 Å². The lowest BCUT2D eigenvalue weighted by molar-refractivity contribution is -0.139. The summed E-state index contributed by atoms with van der Waals surface area (Å²) in [5.74, 6) is 0.642. The molecule has 0 heterocycles. The number of anilines is 1. The van der Waals surface area contributed by atoms with Gasteiger partial charge in [-0.25, -0.2) is 0 Å². The maximum atomic E-state index is 12.5. The van der Waals surface area contributed by atoms with Gasteiger partial charge < -0.3 is 14.8 Å². The van der Waals surface area contributed by atoms with Crippen molar-refractivity contribution >= 4 is 11.6 Å². The van der Waals surface area contributed by atoms with E-state index < -0.39 is 5.60 Å². The fourth-order valence-electron chi connectivity index (χ4n) is 2.29. The van der Waals surface area contributed by atoms with Gasteiger partial charge in [-0.2, -0.15) is 0 Å². The zero-order chi connectivity index (χ0) is 18.1. The molecule has 0 aliphatic carbocycles. The monoisotopic (exact) mass is 341 g/mol. The Hall–Kier alpha value is -2.33. The van der Waals surface area contributed by atoms with E-state index in [9.17, 15) is 4.79 Å². The van der Waals surface area contributed by atoms with Gasteiger partial charge in [0, 0.05) is 12.3 Å². The molecular formula is C21H27NO3. The molecule has 1 atom stereocenters. The number of ether oxygens (including phenoxy) is 2. The number of hydrogen-bond donors (Lipinski definition) is 1. The predicted molar refractivity (Wildman–Crippen MR) is 101 cm³/mol. The van der Waals surface area contributed by atoms with Gasteiger partial charge >= 0.3 is 0 Å². The lowest BCUT2D eigenvalue weighted by Gasteiger charge is -2.27. The third-order valence-corrected chi connectivity index (χ3v) is 4.14. The zero-order valence-electron chi connectivity index (χ0n) is 15.2. The fourth-order valence-corrected chi connectivity index (χ4v) is 2.29. The highest BCUT2D eigenvalue weighted by Gasteiger charge is 2.32. The van der Waals surface area contributed by atoms with E-state index >= 15 is 0 Å². The summed E-state index contributed by atoms with van der Waals surface area (Å²) >= 11 is 0. The smallest absolute Gasteiger partial charge is 0.256 e. The van der Waals surface area contributed by atoms with E-state index in [2.05, 4.69) is 5.32 Å². The second-order valence-corrected chi connectivity index (χ2v) is 6.19. The highest BCUT2D eigenvalue weighted by Crippen LogP contribution is 2.21. The molecule has 0 saturated heterocycles. The SMILES string of the molecule is CCCO[C@](C)(CC)C(=O)Nc1ccc(OCc2ccccc2)cc1. The van der Waals surface area contributed by atoms with Crippen LogP contribution in [0.1, 0.15) is 39.2 Å². The Morgan fingerprint density at radius 1 is 1.04 bits per heavy atom. The van der Waals surface area contributed by atoms with Gasteiger partial charge in [0.1, 0.15) is 18.0 Å². The summed E-state index contributed by atoms with van der Waals surface area (Å²) < 4.78 is 11.5. The Morgan fingerprint density at radius 2 is 1.72 bits per heavy atom. The van der Waals surface area contributed by atoms with Crippen LogP contribution in [0.2, 0.25) is 0 Å². The van der Waals surface area contributed by atoms with E-state index in [1.165, 1.54) is 0 Å². The summed E-state index contributed by atoms with van der Waals surface area (Å²) in [6, 6.07) is 17.4. The van der Waals surface area contributed by atoms with Crippen LogP contribution in [0.4, 0.5) is 5.69 Å². The van der Waals surface area contributed by atoms with Crippen molar-refractivity contribution in [3.05, 3.63) is 60.2 Å². The Bertz CT molecular complexity index is 655. The molecule has 4 heteroatoms. The molecule has 134 valence electrons. The molecule has 0 spiro atoms. The molecule has 0 radical (unpaired) electrons. The minimum Gasteiger partial charge on any atom is -0.489 e. The second kappa shape index (κ2) is 9.23. The van der Waals surface area contributed by atoms with Crippen molar-refractivity contribution in [3.63, 3.8) is 0 Å². The molecule has 4 nitrogen and oxygen atoms in total. The third-order valence-electron chi connectivity index (χ3n) is 4.14. The largest absolute Gasteiger partial charge is 0.489 e. The van der Waals surface area contributed by atoms with E-state index in [1.54, 1.807) is 0 Å². The van der Waals surface area contributed by atoms with E-state index in [-0.39, 0.29) is 5.91 Å². The Kier molecular flexibility index (Phi) is 7.02. The summed E-state index contributed by atoms with van der Waals surface area (Å²) in [6.45, 7) is 6.91. The van der Waals surface area contributed by atoms with E-state index in [1.807, 2.05) is 75.4 Å². The molecule has 0 aliphatic rings. The lowest BCUT2D eigenvalue weighted by atomic mass is 10.0. The van der Waals surface area contributed by atoms with Crippen molar-refractivity contribution in [1.82, 2.24) is 0 Å². The molecule has 1 N–H and O–H groups in total. The molecule has 0 aliphatic heterocycles. The van der Waals surface area contributed by atoms with Crippen LogP contribution in [-0.4, -0.2) is 18.1 Å². The molecule has 2 aromatic rings. The highest BCUT2D eigenvalue weighted by molar-refractivity contribution is 5.97. The van der Waals surface area contributed by atoms with Crippen LogP contribution >= 0.6 is 0 Å². The number of benzene rings is 2. The summed E-state index contributed by atoms with van der Waals surface area (Å²) in [7, 11) is 0. The van der Waals surface area contributed by atoms with Crippen LogP contribution in [0, 0.1) is 0 Å². The first-order valence-corrected chi connectivity index (χ1v) is 8.79. The first-order chi connectivity index (χ1) is 12.1. The number of nitrogens with one attached hydrogen (secondary N) is 1. The van der Waals surface area contributed by atoms with Gasteiger partial charge in [-0.15, -0.1) is 0 Å². The van der Waals surface area contributed by atoms with Crippen LogP contribution in [-0.2, 0) is 16.1 Å². The van der Waals surface area contributed by atoms with Crippen LogP contribution in [0.5, 0.6) is 5.75 Å². The first-order valence-electron chi connectivity index (χ1n) is 8.79. The van der Waals surface area contributed by atoms with Crippen LogP contribution in [0.25, 0.3) is 0 Å². The number of carbonyl (C=O) groups excluding carboxylic acids is 1. The van der Waals surface area contributed by atoms with Gasteiger partial charge in [0.2, 0.25) is 0 Å². The van der Waals surface area contributed by atoms with Gasteiger partial charge in [-0.1, -0.05) is 44.2 Å². The van der Waals surface area contributed by atoms with Gasteiger partial charge in [-0.05, 0) is 49.6 Å². The standard InChI is InChI=1S/C21H27NO3/c1-4-15-25-21(3,5-2)20(23)22-18-11-13-19(14-12-18)24-16-17-9-7-6-8-10-17/h6-14H,4-5,15-16H2,1-3H3,(H,22,23)/t21-/m1/s1. The maximum Gasteiger partial charge on any atom is 0.256 e. The highest BCUT2D eigenvalue weighted by atomic mass is 16.5. The van der Waals surface area contributed by atoms with Crippen molar-refractivity contribution in [2.24, 2.45) is 0 Å². The average molecular weight is 341 g/mol. The molecule has 0 unspecified atom stereocenters. The number of amides is 1. The average Bonchev–Trinajstić information content (AvgIpc) is 2.66. The molecule has 1 amide bonds. The van der Waals surface area contributed by atoms with E-state index in [0.29, 0.717) is 19.6 Å². The lowest BCUT2D eigenvalue weighted by Crippen LogP contribution is -2.42. The molecule has 0 fully saturated rings. The second-order valence-electron chi connectivity index (χ2n) is 6.19. The van der Waals surface area contributed by atoms with Crippen LogP contribution in [0.15, 0.2) is 54.6 Å². The summed E-state index contributed by atoms with van der Waals surface area (Å²) in [4.78, 5) is 12.5. The Balaban J connectivity index is 1.92. The predicted octanol–water partition coefficient (Wildman–Crippen LogP) is 4.80. The number of rotatable bonds is 9. The van der Waals surface area contributed by atoms with Crippen molar-refractivity contribution in [2.45, 2.75) is 45.8 Å². The van der Waals surface area contributed by atoms with Crippen LogP contribution < -0.4 is 10.1 Å². The van der Waals surface area contributed by atoms with E-state index in [0.717, 1.165) is 23.4 Å². The van der Waals surface area contributed by atoms with Crippen LogP contribution in [0.3, 0.4) is 0 Å². The molecule has 2 aromatic carbocycles.